The second kappa shape index (κ2) is 44.5. The van der Waals surface area contributed by atoms with Crippen LogP contribution in [0.1, 0.15) is 278 Å². The van der Waals surface area contributed by atoms with Crippen molar-refractivity contribution < 1.29 is 28.6 Å². The zero-order chi connectivity index (χ0) is 41.0. The Bertz CT molecular complexity index is 841. The maximum atomic E-state index is 12.7. The van der Waals surface area contributed by atoms with Crippen LogP contribution in [0.4, 0.5) is 0 Å². The predicted molar refractivity (Wildman–Crippen MR) is 238 cm³/mol. The van der Waals surface area contributed by atoms with Gasteiger partial charge in [0.1, 0.15) is 13.2 Å². The van der Waals surface area contributed by atoms with Gasteiger partial charge in [0.2, 0.25) is 0 Å². The molecule has 0 aliphatic rings. The van der Waals surface area contributed by atoms with Gasteiger partial charge in [-0.05, 0) is 25.2 Å². The number of esters is 3. The summed E-state index contributed by atoms with van der Waals surface area (Å²) in [5, 5.41) is 0. The highest BCUT2D eigenvalue weighted by molar-refractivity contribution is 5.71. The quantitative estimate of drug-likeness (QED) is 0.0347. The number of ether oxygens (including phenoxy) is 3. The summed E-state index contributed by atoms with van der Waals surface area (Å²) >= 11 is 0. The normalized spacial score (nSPS) is 11.9. The lowest BCUT2D eigenvalue weighted by molar-refractivity contribution is -0.167. The molecule has 0 aromatic heterocycles. The summed E-state index contributed by atoms with van der Waals surface area (Å²) in [5.41, 5.74) is 0. The summed E-state index contributed by atoms with van der Waals surface area (Å²) in [6.45, 7) is 8.95. The van der Waals surface area contributed by atoms with E-state index in [9.17, 15) is 14.4 Å². The lowest BCUT2D eigenvalue weighted by Gasteiger charge is -2.18. The van der Waals surface area contributed by atoms with Crippen LogP contribution in [-0.4, -0.2) is 37.2 Å². The minimum absolute atomic E-state index is 0.0640. The molecule has 0 bridgehead atoms. The molecule has 56 heavy (non-hydrogen) atoms. The Morgan fingerprint density at radius 2 is 0.589 bits per heavy atom. The molecule has 0 rings (SSSR count). The van der Waals surface area contributed by atoms with Crippen LogP contribution in [0.2, 0.25) is 0 Å². The molecule has 0 radical (unpaired) electrons. The molecule has 0 aliphatic carbocycles. The highest BCUT2D eigenvalue weighted by Crippen LogP contribution is 2.17. The van der Waals surface area contributed by atoms with E-state index in [2.05, 4.69) is 27.7 Å². The van der Waals surface area contributed by atoms with E-state index >= 15 is 0 Å². The second-order valence-corrected chi connectivity index (χ2v) is 17.6. The molecular formula is C50H96O6. The van der Waals surface area contributed by atoms with Gasteiger partial charge in [-0.1, -0.05) is 240 Å². The summed E-state index contributed by atoms with van der Waals surface area (Å²) in [4.78, 5) is 37.6. The number of hydrogen-bond acceptors (Lipinski definition) is 6. The Hall–Kier alpha value is -1.59. The van der Waals surface area contributed by atoms with Gasteiger partial charge in [0, 0.05) is 19.3 Å². The molecule has 0 saturated heterocycles. The first-order valence-electron chi connectivity index (χ1n) is 24.9. The van der Waals surface area contributed by atoms with Crippen LogP contribution in [0.3, 0.4) is 0 Å². The summed E-state index contributed by atoms with van der Waals surface area (Å²) in [5.74, 6) is -0.0121. The molecule has 0 aromatic rings. The van der Waals surface area contributed by atoms with Crippen molar-refractivity contribution in [1.29, 1.82) is 0 Å². The third kappa shape index (κ3) is 43.5. The smallest absolute Gasteiger partial charge is 0.306 e. The minimum atomic E-state index is -0.758. The number of carbonyl (C=O) groups is 3. The fourth-order valence-corrected chi connectivity index (χ4v) is 7.51. The second-order valence-electron chi connectivity index (χ2n) is 17.6. The zero-order valence-corrected chi connectivity index (χ0v) is 38.1. The third-order valence-electron chi connectivity index (χ3n) is 11.3. The highest BCUT2D eigenvalue weighted by atomic mass is 16.6. The molecule has 6 nitrogen and oxygen atoms in total. The minimum Gasteiger partial charge on any atom is -0.462 e. The fourth-order valence-electron chi connectivity index (χ4n) is 7.51. The lowest BCUT2D eigenvalue weighted by atomic mass is 10.0. The molecule has 6 heteroatoms. The first-order valence-corrected chi connectivity index (χ1v) is 24.9. The Morgan fingerprint density at radius 1 is 0.339 bits per heavy atom. The first kappa shape index (κ1) is 54.4. The zero-order valence-electron chi connectivity index (χ0n) is 38.1. The van der Waals surface area contributed by atoms with Crippen LogP contribution < -0.4 is 0 Å². The van der Waals surface area contributed by atoms with Crippen molar-refractivity contribution >= 4 is 17.9 Å². The molecule has 1 atom stereocenters. The Morgan fingerprint density at radius 3 is 0.875 bits per heavy atom. The van der Waals surface area contributed by atoms with Gasteiger partial charge >= 0.3 is 17.9 Å². The van der Waals surface area contributed by atoms with Crippen molar-refractivity contribution in [2.24, 2.45) is 5.92 Å². The molecule has 0 aliphatic heterocycles. The number of hydrogen-bond donors (Lipinski definition) is 0. The highest BCUT2D eigenvalue weighted by Gasteiger charge is 2.19. The lowest BCUT2D eigenvalue weighted by Crippen LogP contribution is -2.30. The van der Waals surface area contributed by atoms with Crippen molar-refractivity contribution in [2.75, 3.05) is 13.2 Å². The molecule has 0 heterocycles. The molecule has 0 N–H and O–H groups in total. The van der Waals surface area contributed by atoms with Gasteiger partial charge in [-0.25, -0.2) is 0 Å². The van der Waals surface area contributed by atoms with Gasteiger partial charge in [0.15, 0.2) is 6.10 Å². The predicted octanol–water partition coefficient (Wildman–Crippen LogP) is 15.9. The molecule has 332 valence electrons. The molecule has 0 amide bonds. The number of unbranched alkanes of at least 4 members (excludes halogenated alkanes) is 32. The van der Waals surface area contributed by atoms with Crippen LogP contribution >= 0.6 is 0 Å². The molecule has 0 fully saturated rings. The monoisotopic (exact) mass is 793 g/mol. The Kier molecular flexibility index (Phi) is 43.2. The summed E-state index contributed by atoms with van der Waals surface area (Å²) in [6, 6.07) is 0. The van der Waals surface area contributed by atoms with Gasteiger partial charge in [-0.3, -0.25) is 14.4 Å². The van der Waals surface area contributed by atoms with E-state index in [1.54, 1.807) is 0 Å². The molecule has 0 saturated carbocycles. The van der Waals surface area contributed by atoms with E-state index in [0.717, 1.165) is 70.1 Å². The van der Waals surface area contributed by atoms with Crippen LogP contribution in [0.5, 0.6) is 0 Å². The Balaban J connectivity index is 4.11. The number of carbonyl (C=O) groups excluding carboxylic acids is 3. The maximum absolute atomic E-state index is 12.7. The topological polar surface area (TPSA) is 78.9 Å². The summed E-state index contributed by atoms with van der Waals surface area (Å²) < 4.78 is 16.7. The third-order valence-corrected chi connectivity index (χ3v) is 11.3. The van der Waals surface area contributed by atoms with E-state index in [-0.39, 0.29) is 31.1 Å². The number of rotatable bonds is 45. The average Bonchev–Trinajstić information content (AvgIpc) is 3.18. The SMILES string of the molecule is CCCCCCCCCCCCCCCCCC(=O)O[C@@H](COC(=O)CCCCCCC)COC(=O)CCCCCCCCCCCCCCCCCC(C)C. The van der Waals surface area contributed by atoms with Crippen LogP contribution in [0.15, 0.2) is 0 Å². The van der Waals surface area contributed by atoms with E-state index in [1.807, 2.05) is 0 Å². The van der Waals surface area contributed by atoms with E-state index in [4.69, 9.17) is 14.2 Å². The Labute approximate surface area is 348 Å². The van der Waals surface area contributed by atoms with Crippen molar-refractivity contribution in [1.82, 2.24) is 0 Å². The van der Waals surface area contributed by atoms with E-state index in [0.29, 0.717) is 19.3 Å². The van der Waals surface area contributed by atoms with E-state index < -0.39 is 6.10 Å². The summed E-state index contributed by atoms with van der Waals surface area (Å²) in [7, 11) is 0. The standard InChI is InChI=1S/C50H96O6/c1-5-7-9-11-12-13-14-15-17-22-25-28-31-35-39-43-50(53)56-47(44-54-48(51)41-37-32-10-8-6-2)45-55-49(52)42-38-34-30-27-24-21-19-16-18-20-23-26-29-33-36-40-46(3)4/h46-47H,5-45H2,1-4H3/t47-/m0/s1. The van der Waals surface area contributed by atoms with Gasteiger partial charge in [-0.15, -0.1) is 0 Å². The first-order chi connectivity index (χ1) is 27.4. The molecule has 0 unspecified atom stereocenters. The van der Waals surface area contributed by atoms with Gasteiger partial charge in [0.05, 0.1) is 0 Å². The van der Waals surface area contributed by atoms with Gasteiger partial charge in [-0.2, -0.15) is 0 Å². The van der Waals surface area contributed by atoms with Crippen LogP contribution in [-0.2, 0) is 28.6 Å². The molecule has 0 aromatic carbocycles. The molecular weight excluding hydrogens is 697 g/mol. The van der Waals surface area contributed by atoms with Crippen LogP contribution in [0, 0.1) is 5.92 Å². The summed E-state index contributed by atoms with van der Waals surface area (Å²) in [6.07, 6.45) is 45.5. The molecule has 0 spiro atoms. The van der Waals surface area contributed by atoms with Crippen molar-refractivity contribution in [3.8, 4) is 0 Å². The van der Waals surface area contributed by atoms with Crippen LogP contribution in [0.25, 0.3) is 0 Å². The fraction of sp³-hybridized carbons (Fsp3) is 0.940. The van der Waals surface area contributed by atoms with E-state index in [1.165, 1.54) is 167 Å². The average molecular weight is 793 g/mol. The van der Waals surface area contributed by atoms with Crippen molar-refractivity contribution in [3.05, 3.63) is 0 Å². The maximum Gasteiger partial charge on any atom is 0.306 e. The largest absolute Gasteiger partial charge is 0.462 e. The van der Waals surface area contributed by atoms with Gasteiger partial charge in [0.25, 0.3) is 0 Å². The van der Waals surface area contributed by atoms with Gasteiger partial charge < -0.3 is 14.2 Å². The van der Waals surface area contributed by atoms with Crippen molar-refractivity contribution in [2.45, 2.75) is 284 Å². The van der Waals surface area contributed by atoms with Crippen molar-refractivity contribution in [3.63, 3.8) is 0 Å².